The first-order chi connectivity index (χ1) is 28.8. The predicted octanol–water partition coefficient (Wildman–Crippen LogP) is 12.3. The standard InChI is InChI=1S/C54H35N3S/c1-2-16-35(17-3-1)46-33-47(38-22-10-18-34-15-4-5-21-37(34)38)57-53(56-46)41-25-13-29-45-51(41)50-39(40-24-11-19-36-20-14-32-55-52(36)40)23-12-28-44(50)54(45)42-26-6-8-30-48(42)58-49-31-9-7-27-43(49)54/h1-31,33,55H,32H2/p+1. The normalized spacial score (nSPS) is 14.1. The summed E-state index contributed by atoms with van der Waals surface area (Å²) < 4.78 is 0. The number of hydrogen-bond acceptors (Lipinski definition) is 3. The van der Waals surface area contributed by atoms with Crippen molar-refractivity contribution in [1.82, 2.24) is 9.97 Å². The molecule has 3 heterocycles. The van der Waals surface area contributed by atoms with E-state index >= 15 is 0 Å². The van der Waals surface area contributed by atoms with Gasteiger partial charge in [-0.1, -0.05) is 163 Å². The van der Waals surface area contributed by atoms with Gasteiger partial charge in [-0.05, 0) is 92.2 Å². The van der Waals surface area contributed by atoms with E-state index in [2.05, 4.69) is 199 Å². The van der Waals surface area contributed by atoms with Crippen LogP contribution in [0, 0.1) is 0 Å². The van der Waals surface area contributed by atoms with Crippen LogP contribution in [-0.2, 0) is 5.41 Å². The summed E-state index contributed by atoms with van der Waals surface area (Å²) in [4.78, 5) is 13.6. The van der Waals surface area contributed by atoms with Gasteiger partial charge in [0.2, 0.25) is 0 Å². The summed E-state index contributed by atoms with van der Waals surface area (Å²) in [5.41, 5.74) is 17.1. The van der Waals surface area contributed by atoms with Crippen molar-refractivity contribution in [2.45, 2.75) is 15.2 Å². The molecule has 0 saturated heterocycles. The van der Waals surface area contributed by atoms with Crippen molar-refractivity contribution in [3.63, 3.8) is 0 Å². The third-order valence-corrected chi connectivity index (χ3v) is 13.4. The number of nitrogens with zero attached hydrogens (tertiary/aromatic N) is 2. The van der Waals surface area contributed by atoms with Gasteiger partial charge in [0.15, 0.2) is 5.82 Å². The number of aromatic nitrogens is 2. The minimum absolute atomic E-state index is 0.552. The number of para-hydroxylation sites is 1. The van der Waals surface area contributed by atoms with Crippen LogP contribution >= 0.6 is 11.8 Å². The zero-order valence-corrected chi connectivity index (χ0v) is 32.4. The monoisotopic (exact) mass is 758 g/mol. The molecule has 0 saturated carbocycles. The van der Waals surface area contributed by atoms with Crippen LogP contribution in [0.25, 0.3) is 73.0 Å². The fourth-order valence-electron chi connectivity index (χ4n) is 9.88. The van der Waals surface area contributed by atoms with Crippen LogP contribution in [0.2, 0.25) is 0 Å². The number of fused-ring (bicyclic) bond motifs is 11. The summed E-state index contributed by atoms with van der Waals surface area (Å²) in [6, 6.07) is 66.4. The summed E-state index contributed by atoms with van der Waals surface area (Å²) in [7, 11) is 0. The lowest BCUT2D eigenvalue weighted by Crippen LogP contribution is -2.78. The SMILES string of the molecule is C1=Cc2cccc(-c3cccc4c3-c3c(-c5nc(-c6ccccc6)cc(-c6cccc7ccccc67)n5)cccc3C43c4ccccc4Sc4ccccc43)c2[NH2+]C1. The smallest absolute Gasteiger partial charge is 0.161 e. The molecular weight excluding hydrogens is 723 g/mol. The minimum atomic E-state index is -0.552. The molecule has 0 fully saturated rings. The molecule has 1 spiro atoms. The molecule has 4 heteroatoms. The van der Waals surface area contributed by atoms with E-state index in [1.54, 1.807) is 0 Å². The van der Waals surface area contributed by atoms with E-state index in [4.69, 9.17) is 9.97 Å². The molecule has 1 aliphatic carbocycles. The number of hydrogen-bond donors (Lipinski definition) is 1. The number of nitrogens with two attached hydrogens (primary N) is 1. The Morgan fingerprint density at radius 2 is 1.07 bits per heavy atom. The van der Waals surface area contributed by atoms with Crippen molar-refractivity contribution in [2.75, 3.05) is 6.54 Å². The first-order valence-corrected chi connectivity index (χ1v) is 20.8. The second kappa shape index (κ2) is 13.1. The lowest BCUT2D eigenvalue weighted by atomic mass is 9.67. The average molecular weight is 759 g/mol. The molecule has 2 aliphatic heterocycles. The van der Waals surface area contributed by atoms with Gasteiger partial charge in [-0.25, -0.2) is 9.97 Å². The van der Waals surface area contributed by atoms with Crippen molar-refractivity contribution in [2.24, 2.45) is 0 Å². The second-order valence-electron chi connectivity index (χ2n) is 15.3. The fraction of sp³-hybridized carbons (Fsp3) is 0.0370. The molecule has 2 N–H and O–H groups in total. The minimum Gasteiger partial charge on any atom is -0.310 e. The van der Waals surface area contributed by atoms with Gasteiger partial charge >= 0.3 is 0 Å². The summed E-state index contributed by atoms with van der Waals surface area (Å²) in [5, 5.41) is 4.74. The molecule has 3 aliphatic rings. The quantitative estimate of drug-likeness (QED) is 0.182. The molecule has 0 amide bonds. The van der Waals surface area contributed by atoms with Crippen molar-refractivity contribution < 1.29 is 5.32 Å². The third kappa shape index (κ3) is 4.86. The topological polar surface area (TPSA) is 42.4 Å². The highest BCUT2D eigenvalue weighted by Gasteiger charge is 2.51. The van der Waals surface area contributed by atoms with Gasteiger partial charge in [0.25, 0.3) is 0 Å². The Kier molecular flexibility index (Phi) is 7.52. The van der Waals surface area contributed by atoms with E-state index < -0.39 is 5.41 Å². The van der Waals surface area contributed by atoms with E-state index in [-0.39, 0.29) is 0 Å². The Labute approximate surface area is 341 Å². The van der Waals surface area contributed by atoms with Gasteiger partial charge in [0.05, 0.1) is 23.3 Å². The average Bonchev–Trinajstić information content (AvgIpc) is 3.60. The molecule has 0 atom stereocenters. The molecule has 3 nitrogen and oxygen atoms in total. The van der Waals surface area contributed by atoms with Crippen molar-refractivity contribution >= 4 is 34.3 Å². The Morgan fingerprint density at radius 1 is 0.483 bits per heavy atom. The molecule has 9 aromatic rings. The molecule has 1 aromatic heterocycles. The van der Waals surface area contributed by atoms with Crippen LogP contribution < -0.4 is 5.32 Å². The van der Waals surface area contributed by atoms with Crippen molar-refractivity contribution in [1.29, 1.82) is 0 Å². The molecule has 0 unspecified atom stereocenters. The summed E-state index contributed by atoms with van der Waals surface area (Å²) >= 11 is 1.88. The third-order valence-electron chi connectivity index (χ3n) is 12.3. The van der Waals surface area contributed by atoms with Gasteiger partial charge in [0, 0.05) is 37.6 Å². The molecular formula is C54H36N3S+. The highest BCUT2D eigenvalue weighted by molar-refractivity contribution is 7.99. The largest absolute Gasteiger partial charge is 0.310 e. The Bertz CT molecular complexity index is 3110. The lowest BCUT2D eigenvalue weighted by Gasteiger charge is -2.39. The maximum absolute atomic E-state index is 5.56. The number of rotatable bonds is 4. The molecule has 0 bridgehead atoms. The number of quaternary nitrogens is 1. The zero-order valence-electron chi connectivity index (χ0n) is 31.6. The molecule has 0 radical (unpaired) electrons. The lowest BCUT2D eigenvalue weighted by molar-refractivity contribution is -0.561. The van der Waals surface area contributed by atoms with Gasteiger partial charge in [-0.2, -0.15) is 0 Å². The second-order valence-corrected chi connectivity index (χ2v) is 16.4. The summed E-state index contributed by atoms with van der Waals surface area (Å²) in [6.45, 7) is 0.917. The summed E-state index contributed by atoms with van der Waals surface area (Å²) in [6.07, 6.45) is 4.52. The van der Waals surface area contributed by atoms with E-state index in [0.29, 0.717) is 0 Å². The molecule has 58 heavy (non-hydrogen) atoms. The van der Waals surface area contributed by atoms with Crippen LogP contribution in [-0.4, -0.2) is 16.5 Å². The zero-order chi connectivity index (χ0) is 38.2. The van der Waals surface area contributed by atoms with Crippen LogP contribution in [0.4, 0.5) is 5.69 Å². The van der Waals surface area contributed by atoms with E-state index in [1.807, 2.05) is 11.8 Å². The van der Waals surface area contributed by atoms with Crippen LogP contribution in [0.3, 0.4) is 0 Å². The van der Waals surface area contributed by atoms with Crippen LogP contribution in [0.1, 0.15) is 27.8 Å². The summed E-state index contributed by atoms with van der Waals surface area (Å²) in [5.74, 6) is 0.718. The molecule has 12 rings (SSSR count). The van der Waals surface area contributed by atoms with Gasteiger partial charge in [-0.15, -0.1) is 0 Å². The molecule has 272 valence electrons. The first kappa shape index (κ1) is 33.3. The molecule has 8 aromatic carbocycles. The Balaban J connectivity index is 1.22. The Hall–Kier alpha value is -6.85. The van der Waals surface area contributed by atoms with Gasteiger partial charge in [0.1, 0.15) is 5.69 Å². The first-order valence-electron chi connectivity index (χ1n) is 20.0. The van der Waals surface area contributed by atoms with Crippen molar-refractivity contribution in [3.05, 3.63) is 216 Å². The van der Waals surface area contributed by atoms with E-state index in [9.17, 15) is 0 Å². The highest BCUT2D eigenvalue weighted by Crippen LogP contribution is 2.65. The number of benzene rings is 8. The van der Waals surface area contributed by atoms with Crippen molar-refractivity contribution in [3.8, 4) is 56.2 Å². The van der Waals surface area contributed by atoms with E-state index in [0.717, 1.165) is 40.4 Å². The van der Waals surface area contributed by atoms with Crippen LogP contribution in [0.5, 0.6) is 0 Å². The maximum Gasteiger partial charge on any atom is 0.161 e. The predicted molar refractivity (Wildman–Crippen MR) is 238 cm³/mol. The van der Waals surface area contributed by atoms with E-state index in [1.165, 1.54) is 76.3 Å². The van der Waals surface area contributed by atoms with Gasteiger partial charge in [-0.3, -0.25) is 0 Å². The van der Waals surface area contributed by atoms with Crippen LogP contribution in [0.15, 0.2) is 198 Å². The fourth-order valence-corrected chi connectivity index (χ4v) is 11.1. The maximum atomic E-state index is 5.56. The Morgan fingerprint density at radius 3 is 1.88 bits per heavy atom. The highest BCUT2D eigenvalue weighted by atomic mass is 32.2. The van der Waals surface area contributed by atoms with Gasteiger partial charge < -0.3 is 5.32 Å².